The van der Waals surface area contributed by atoms with Gasteiger partial charge in [0, 0.05) is 31.5 Å². The van der Waals surface area contributed by atoms with Crippen LogP contribution in [0.15, 0.2) is 66.2 Å². The molecule has 0 aliphatic carbocycles. The smallest absolute Gasteiger partial charge is 0.220 e. The highest BCUT2D eigenvalue weighted by atomic mass is 35.5. The number of carbonyl (C=O) groups excluding carboxylic acids is 2. The summed E-state index contributed by atoms with van der Waals surface area (Å²) in [4.78, 5) is 24.3. The highest BCUT2D eigenvalue weighted by Gasteiger charge is 2.10. The van der Waals surface area contributed by atoms with E-state index in [9.17, 15) is 9.59 Å². The fourth-order valence-corrected chi connectivity index (χ4v) is 2.98. The lowest BCUT2D eigenvalue weighted by Gasteiger charge is -2.14. The minimum absolute atomic E-state index is 0. The first-order valence-corrected chi connectivity index (χ1v) is 9.06. The average Bonchev–Trinajstić information content (AvgIpc) is 2.72. The molecule has 2 aromatic carbocycles. The second kappa shape index (κ2) is 10.7. The monoisotopic (exact) mass is 384 g/mol. The number of ketones is 1. The molecule has 0 aromatic heterocycles. The first-order valence-electron chi connectivity index (χ1n) is 9.06. The van der Waals surface area contributed by atoms with Gasteiger partial charge in [0.1, 0.15) is 0 Å². The van der Waals surface area contributed by atoms with Gasteiger partial charge in [-0.1, -0.05) is 66.2 Å². The molecule has 2 N–H and O–H groups in total. The second-order valence-electron chi connectivity index (χ2n) is 6.46. The third kappa shape index (κ3) is 6.35. The Morgan fingerprint density at radius 2 is 1.63 bits per heavy atom. The van der Waals surface area contributed by atoms with Gasteiger partial charge in [-0.05, 0) is 24.1 Å². The molecular formula is C22H25ClN2O2. The summed E-state index contributed by atoms with van der Waals surface area (Å²) in [5.41, 5.74) is 4.10. The molecule has 2 aromatic rings. The van der Waals surface area contributed by atoms with E-state index in [1.54, 1.807) is 0 Å². The van der Waals surface area contributed by atoms with Gasteiger partial charge >= 0.3 is 0 Å². The highest BCUT2D eigenvalue weighted by Crippen LogP contribution is 2.19. The van der Waals surface area contributed by atoms with Crippen molar-refractivity contribution in [2.75, 3.05) is 19.6 Å². The van der Waals surface area contributed by atoms with E-state index in [2.05, 4.69) is 16.7 Å². The van der Waals surface area contributed by atoms with Gasteiger partial charge in [-0.25, -0.2) is 0 Å². The fourth-order valence-electron chi connectivity index (χ4n) is 2.98. The predicted octanol–water partition coefficient (Wildman–Crippen LogP) is 3.77. The summed E-state index contributed by atoms with van der Waals surface area (Å²) in [7, 11) is 0. The Bertz CT molecular complexity index is 786. The molecular weight excluding hydrogens is 360 g/mol. The van der Waals surface area contributed by atoms with Gasteiger partial charge in [0.05, 0.1) is 0 Å². The SMILES string of the molecule is Cl.O=C(CCC(=O)c1ccc(-c2ccccc2)cc1)NCC1=CCNCC1. The number of Topliss-reactive ketones (excluding diaryl/α,β-unsaturated/α-hetero) is 1. The minimum atomic E-state index is -0.0707. The summed E-state index contributed by atoms with van der Waals surface area (Å²) in [5, 5.41) is 6.14. The molecule has 4 nitrogen and oxygen atoms in total. The molecule has 3 rings (SSSR count). The summed E-state index contributed by atoms with van der Waals surface area (Å²) in [5.74, 6) is -0.0699. The van der Waals surface area contributed by atoms with E-state index in [0.29, 0.717) is 12.1 Å². The van der Waals surface area contributed by atoms with E-state index in [0.717, 1.165) is 30.6 Å². The van der Waals surface area contributed by atoms with Crippen LogP contribution in [0.4, 0.5) is 0 Å². The van der Waals surface area contributed by atoms with E-state index in [1.165, 1.54) is 5.57 Å². The number of hydrogen-bond donors (Lipinski definition) is 2. The molecule has 142 valence electrons. The zero-order chi connectivity index (χ0) is 18.2. The summed E-state index contributed by atoms with van der Waals surface area (Å²) >= 11 is 0. The third-order valence-electron chi connectivity index (χ3n) is 4.56. The van der Waals surface area contributed by atoms with E-state index in [-0.39, 0.29) is 36.9 Å². The van der Waals surface area contributed by atoms with Gasteiger partial charge in [0.25, 0.3) is 0 Å². The van der Waals surface area contributed by atoms with Crippen LogP contribution >= 0.6 is 12.4 Å². The van der Waals surface area contributed by atoms with Crippen molar-refractivity contribution in [3.05, 3.63) is 71.8 Å². The number of rotatable bonds is 7. The molecule has 0 atom stereocenters. The predicted molar refractivity (Wildman–Crippen MR) is 111 cm³/mol. The number of amides is 1. The molecule has 27 heavy (non-hydrogen) atoms. The van der Waals surface area contributed by atoms with Crippen molar-refractivity contribution in [1.82, 2.24) is 10.6 Å². The van der Waals surface area contributed by atoms with E-state index >= 15 is 0 Å². The molecule has 1 amide bonds. The maximum atomic E-state index is 12.3. The number of hydrogen-bond acceptors (Lipinski definition) is 3. The van der Waals surface area contributed by atoms with Gasteiger partial charge in [-0.3, -0.25) is 9.59 Å². The summed E-state index contributed by atoms with van der Waals surface area (Å²) in [6.07, 6.45) is 3.54. The lowest BCUT2D eigenvalue weighted by atomic mass is 10.0. The van der Waals surface area contributed by atoms with Crippen LogP contribution in [0.5, 0.6) is 0 Å². The first kappa shape index (κ1) is 20.9. The molecule has 0 radical (unpaired) electrons. The first-order chi connectivity index (χ1) is 12.7. The zero-order valence-electron chi connectivity index (χ0n) is 15.2. The van der Waals surface area contributed by atoms with Crippen LogP contribution in [0.3, 0.4) is 0 Å². The lowest BCUT2D eigenvalue weighted by Crippen LogP contribution is -2.29. The summed E-state index contributed by atoms with van der Waals surface area (Å²) < 4.78 is 0. The van der Waals surface area contributed by atoms with Gasteiger partial charge in [0.2, 0.25) is 5.91 Å². The lowest BCUT2D eigenvalue weighted by molar-refractivity contribution is -0.120. The normalized spacial score (nSPS) is 13.3. The topological polar surface area (TPSA) is 58.2 Å². The van der Waals surface area contributed by atoms with E-state index in [4.69, 9.17) is 0 Å². The fraction of sp³-hybridized carbons (Fsp3) is 0.273. The summed E-state index contributed by atoms with van der Waals surface area (Å²) in [6.45, 7) is 2.41. The largest absolute Gasteiger partial charge is 0.352 e. The Morgan fingerprint density at radius 1 is 0.926 bits per heavy atom. The van der Waals surface area contributed by atoms with Crippen LogP contribution in [0.1, 0.15) is 29.6 Å². The number of halogens is 1. The average molecular weight is 385 g/mol. The Morgan fingerprint density at radius 3 is 2.30 bits per heavy atom. The van der Waals surface area contributed by atoms with Crippen molar-refractivity contribution in [3.8, 4) is 11.1 Å². The van der Waals surface area contributed by atoms with Crippen molar-refractivity contribution in [2.45, 2.75) is 19.3 Å². The van der Waals surface area contributed by atoms with Crippen LogP contribution in [0.2, 0.25) is 0 Å². The van der Waals surface area contributed by atoms with Gasteiger partial charge in [-0.2, -0.15) is 0 Å². The molecule has 0 unspecified atom stereocenters. The van der Waals surface area contributed by atoms with E-state index < -0.39 is 0 Å². The standard InChI is InChI=1S/C22H24N2O2.ClH/c25-21(10-11-22(26)24-16-17-12-14-23-15-13-17)20-8-6-19(7-9-20)18-4-2-1-3-5-18;/h1-9,12,23H,10-11,13-16H2,(H,24,26);1H. The molecule has 0 spiro atoms. The van der Waals surface area contributed by atoms with Crippen molar-refractivity contribution >= 4 is 24.1 Å². The van der Waals surface area contributed by atoms with Crippen LogP contribution in [0.25, 0.3) is 11.1 Å². The minimum Gasteiger partial charge on any atom is -0.352 e. The van der Waals surface area contributed by atoms with Crippen molar-refractivity contribution < 1.29 is 9.59 Å². The van der Waals surface area contributed by atoms with Crippen molar-refractivity contribution in [3.63, 3.8) is 0 Å². The molecule has 0 saturated heterocycles. The van der Waals surface area contributed by atoms with Crippen molar-refractivity contribution in [2.24, 2.45) is 0 Å². The van der Waals surface area contributed by atoms with Gasteiger partial charge in [0.15, 0.2) is 5.78 Å². The van der Waals surface area contributed by atoms with Crippen LogP contribution in [0, 0.1) is 0 Å². The number of carbonyl (C=O) groups is 2. The zero-order valence-corrected chi connectivity index (χ0v) is 16.1. The molecule has 5 heteroatoms. The second-order valence-corrected chi connectivity index (χ2v) is 6.46. The molecule has 0 saturated carbocycles. The molecule has 1 aliphatic heterocycles. The Labute approximate surface area is 166 Å². The Balaban J connectivity index is 0.00000261. The van der Waals surface area contributed by atoms with Crippen molar-refractivity contribution in [1.29, 1.82) is 0 Å². The maximum Gasteiger partial charge on any atom is 0.220 e. The molecule has 1 heterocycles. The Kier molecular flexibility index (Phi) is 8.24. The van der Waals surface area contributed by atoms with Crippen LogP contribution in [-0.4, -0.2) is 31.3 Å². The Hall–Kier alpha value is -2.43. The molecule has 0 bridgehead atoms. The van der Waals surface area contributed by atoms with Crippen LogP contribution in [-0.2, 0) is 4.79 Å². The van der Waals surface area contributed by atoms with E-state index in [1.807, 2.05) is 54.6 Å². The maximum absolute atomic E-state index is 12.3. The van der Waals surface area contributed by atoms with Crippen LogP contribution < -0.4 is 10.6 Å². The number of nitrogens with one attached hydrogen (secondary N) is 2. The summed E-state index contributed by atoms with van der Waals surface area (Å²) in [6, 6.07) is 17.6. The highest BCUT2D eigenvalue weighted by molar-refractivity contribution is 5.98. The quantitative estimate of drug-likeness (QED) is 0.564. The molecule has 1 aliphatic rings. The van der Waals surface area contributed by atoms with Gasteiger partial charge < -0.3 is 10.6 Å². The molecule has 0 fully saturated rings. The third-order valence-corrected chi connectivity index (χ3v) is 4.56. The van der Waals surface area contributed by atoms with Gasteiger partial charge in [-0.15, -0.1) is 12.4 Å². The number of benzene rings is 2.